The Kier molecular flexibility index (Phi) is 4.54. The third-order valence-corrected chi connectivity index (χ3v) is 3.78. The van der Waals surface area contributed by atoms with Crippen LogP contribution >= 0.6 is 0 Å². The van der Waals surface area contributed by atoms with Gasteiger partial charge in [0.25, 0.3) is 5.91 Å². The first-order valence-electron chi connectivity index (χ1n) is 7.41. The molecule has 0 aliphatic carbocycles. The zero-order chi connectivity index (χ0) is 17.2. The maximum absolute atomic E-state index is 12.2. The number of anilines is 1. The van der Waals surface area contributed by atoms with Crippen molar-refractivity contribution in [1.29, 1.82) is 0 Å². The summed E-state index contributed by atoms with van der Waals surface area (Å²) >= 11 is 0. The third kappa shape index (κ3) is 3.59. The Morgan fingerprint density at radius 1 is 1.22 bits per heavy atom. The highest BCUT2D eigenvalue weighted by molar-refractivity contribution is 6.04. The quantitative estimate of drug-likeness (QED) is 0.888. The van der Waals surface area contributed by atoms with E-state index in [1.807, 2.05) is 12.1 Å². The number of benzene rings is 1. The molecule has 0 radical (unpaired) electrons. The maximum atomic E-state index is 12.2. The monoisotopic (exact) mass is 315 g/mol. The molecule has 6 heteroatoms. The van der Waals surface area contributed by atoms with Crippen LogP contribution in [0.15, 0.2) is 36.7 Å². The summed E-state index contributed by atoms with van der Waals surface area (Å²) in [5.74, 6) is -0.848. The molecule has 2 N–H and O–H groups in total. The van der Waals surface area contributed by atoms with Gasteiger partial charge in [-0.1, -0.05) is 26.0 Å². The van der Waals surface area contributed by atoms with Crippen LogP contribution < -0.4 is 5.32 Å². The van der Waals surface area contributed by atoms with Crippen LogP contribution in [0.5, 0.6) is 0 Å². The fourth-order valence-corrected chi connectivity index (χ4v) is 2.01. The van der Waals surface area contributed by atoms with Crippen LogP contribution in [0.1, 0.15) is 49.5 Å². The first kappa shape index (κ1) is 16.7. The van der Waals surface area contributed by atoms with Crippen molar-refractivity contribution in [3.8, 4) is 0 Å². The molecule has 1 amide bonds. The number of carbonyl (C=O) groups excluding carboxylic acids is 1. The van der Waals surface area contributed by atoms with Crippen molar-refractivity contribution in [3.05, 3.63) is 47.8 Å². The first-order chi connectivity index (χ1) is 10.7. The number of hydrogen-bond donors (Lipinski definition) is 2. The fourth-order valence-electron chi connectivity index (χ4n) is 2.01. The van der Waals surface area contributed by atoms with Crippen molar-refractivity contribution >= 4 is 17.6 Å². The summed E-state index contributed by atoms with van der Waals surface area (Å²) < 4.78 is 1.31. The molecule has 1 aromatic heterocycles. The van der Waals surface area contributed by atoms with Gasteiger partial charge in [0.15, 0.2) is 5.54 Å². The zero-order valence-electron chi connectivity index (χ0n) is 13.7. The minimum atomic E-state index is -1.18. The van der Waals surface area contributed by atoms with Gasteiger partial charge in [-0.05, 0) is 37.5 Å². The van der Waals surface area contributed by atoms with Crippen molar-refractivity contribution in [2.24, 2.45) is 0 Å². The molecule has 0 atom stereocenters. The molecule has 122 valence electrons. The highest BCUT2D eigenvalue weighted by Gasteiger charge is 2.30. The minimum Gasteiger partial charge on any atom is -0.479 e. The van der Waals surface area contributed by atoms with Crippen molar-refractivity contribution in [1.82, 2.24) is 9.78 Å². The van der Waals surface area contributed by atoms with Gasteiger partial charge in [-0.3, -0.25) is 9.48 Å². The van der Waals surface area contributed by atoms with Crippen molar-refractivity contribution in [2.45, 2.75) is 39.2 Å². The number of aromatic nitrogens is 2. The molecule has 6 nitrogen and oxygen atoms in total. The zero-order valence-corrected chi connectivity index (χ0v) is 13.7. The Morgan fingerprint density at radius 3 is 2.35 bits per heavy atom. The molecule has 0 aliphatic rings. The van der Waals surface area contributed by atoms with E-state index in [9.17, 15) is 14.7 Å². The molecule has 1 aromatic carbocycles. The summed E-state index contributed by atoms with van der Waals surface area (Å²) in [5.41, 5.74) is 0.983. The second-order valence-corrected chi connectivity index (χ2v) is 6.27. The molecule has 0 spiro atoms. The Bertz CT molecular complexity index is 715. The number of amides is 1. The van der Waals surface area contributed by atoms with E-state index in [1.165, 1.54) is 17.1 Å². The minimum absolute atomic E-state index is 0.256. The van der Waals surface area contributed by atoms with E-state index >= 15 is 0 Å². The van der Waals surface area contributed by atoms with Gasteiger partial charge < -0.3 is 10.4 Å². The average molecular weight is 315 g/mol. The lowest BCUT2D eigenvalue weighted by atomic mass is 10.0. The van der Waals surface area contributed by atoms with Gasteiger partial charge in [-0.15, -0.1) is 0 Å². The largest absolute Gasteiger partial charge is 0.479 e. The number of carbonyl (C=O) groups is 2. The number of carboxylic acids is 1. The highest BCUT2D eigenvalue weighted by atomic mass is 16.4. The second-order valence-electron chi connectivity index (χ2n) is 6.27. The predicted octanol–water partition coefficient (Wildman–Crippen LogP) is 3.08. The van der Waals surface area contributed by atoms with E-state index in [-0.39, 0.29) is 5.91 Å². The van der Waals surface area contributed by atoms with Gasteiger partial charge in [-0.2, -0.15) is 5.10 Å². The van der Waals surface area contributed by atoms with Gasteiger partial charge in [-0.25, -0.2) is 4.79 Å². The van der Waals surface area contributed by atoms with E-state index in [1.54, 1.807) is 26.0 Å². The topological polar surface area (TPSA) is 84.2 Å². The number of hydrogen-bond acceptors (Lipinski definition) is 3. The van der Waals surface area contributed by atoms with Crippen LogP contribution in [0.3, 0.4) is 0 Å². The average Bonchev–Trinajstić information content (AvgIpc) is 2.96. The molecule has 0 fully saturated rings. The molecule has 0 bridgehead atoms. The molecule has 1 heterocycles. The molecule has 0 aliphatic heterocycles. The summed E-state index contributed by atoms with van der Waals surface area (Å²) in [5, 5.41) is 15.9. The standard InChI is InChI=1S/C17H21N3O3/c1-11(2)12-5-7-13(8-6-12)15(21)19-14-9-18-20(10-14)17(3,4)16(22)23/h5-11H,1-4H3,(H,19,21)(H,22,23). The van der Waals surface area contributed by atoms with Crippen LogP contribution in [0, 0.1) is 0 Å². The smallest absolute Gasteiger partial charge is 0.331 e. The SMILES string of the molecule is CC(C)c1ccc(C(=O)Nc2cnn(C(C)(C)C(=O)O)c2)cc1. The van der Waals surface area contributed by atoms with Gasteiger partial charge in [0.05, 0.1) is 11.9 Å². The van der Waals surface area contributed by atoms with Crippen LogP contribution in [-0.2, 0) is 10.3 Å². The van der Waals surface area contributed by atoms with E-state index in [0.29, 0.717) is 17.2 Å². The van der Waals surface area contributed by atoms with Gasteiger partial charge >= 0.3 is 5.97 Å². The van der Waals surface area contributed by atoms with Gasteiger partial charge in [0, 0.05) is 11.8 Å². The fraction of sp³-hybridized carbons (Fsp3) is 0.353. The molecule has 2 rings (SSSR count). The van der Waals surface area contributed by atoms with Gasteiger partial charge in [0.1, 0.15) is 0 Å². The molecular weight excluding hydrogens is 294 g/mol. The third-order valence-electron chi connectivity index (χ3n) is 3.78. The Hall–Kier alpha value is -2.63. The number of aliphatic carboxylic acids is 1. The first-order valence-corrected chi connectivity index (χ1v) is 7.41. The molecule has 23 heavy (non-hydrogen) atoms. The highest BCUT2D eigenvalue weighted by Crippen LogP contribution is 2.19. The number of carboxylic acid groups (broad SMARTS) is 1. The Morgan fingerprint density at radius 2 is 1.83 bits per heavy atom. The number of rotatable bonds is 5. The van der Waals surface area contributed by atoms with Crippen LogP contribution in [-0.4, -0.2) is 26.8 Å². The van der Waals surface area contributed by atoms with Crippen LogP contribution in [0.2, 0.25) is 0 Å². The molecule has 0 unspecified atom stereocenters. The summed E-state index contributed by atoms with van der Waals surface area (Å²) in [6.45, 7) is 7.26. The normalized spacial score (nSPS) is 11.5. The van der Waals surface area contributed by atoms with Crippen LogP contribution in [0.25, 0.3) is 0 Å². The molecule has 0 saturated heterocycles. The van der Waals surface area contributed by atoms with Crippen molar-refractivity contribution < 1.29 is 14.7 Å². The Balaban J connectivity index is 2.12. The Labute approximate surface area is 135 Å². The lowest BCUT2D eigenvalue weighted by Crippen LogP contribution is -2.35. The summed E-state index contributed by atoms with van der Waals surface area (Å²) in [4.78, 5) is 23.4. The molecular formula is C17H21N3O3. The number of nitrogens with zero attached hydrogens (tertiary/aromatic N) is 2. The summed E-state index contributed by atoms with van der Waals surface area (Å²) in [7, 11) is 0. The lowest BCUT2D eigenvalue weighted by Gasteiger charge is -2.19. The van der Waals surface area contributed by atoms with E-state index in [0.717, 1.165) is 5.56 Å². The summed E-state index contributed by atoms with van der Waals surface area (Å²) in [6.07, 6.45) is 2.94. The molecule has 0 saturated carbocycles. The molecule has 2 aromatic rings. The van der Waals surface area contributed by atoms with E-state index in [2.05, 4.69) is 24.3 Å². The van der Waals surface area contributed by atoms with Crippen molar-refractivity contribution in [2.75, 3.05) is 5.32 Å². The predicted molar refractivity (Wildman–Crippen MR) is 87.7 cm³/mol. The maximum Gasteiger partial charge on any atom is 0.331 e. The lowest BCUT2D eigenvalue weighted by molar-refractivity contribution is -0.146. The van der Waals surface area contributed by atoms with Crippen molar-refractivity contribution in [3.63, 3.8) is 0 Å². The van der Waals surface area contributed by atoms with E-state index < -0.39 is 11.5 Å². The van der Waals surface area contributed by atoms with E-state index in [4.69, 9.17) is 0 Å². The second kappa shape index (κ2) is 6.24. The number of nitrogens with one attached hydrogen (secondary N) is 1. The van der Waals surface area contributed by atoms with Gasteiger partial charge in [0.2, 0.25) is 0 Å². The van der Waals surface area contributed by atoms with Crippen LogP contribution in [0.4, 0.5) is 5.69 Å². The summed E-state index contributed by atoms with van der Waals surface area (Å²) in [6, 6.07) is 7.40.